The van der Waals surface area contributed by atoms with E-state index in [1.54, 1.807) is 0 Å². The highest BCUT2D eigenvalue weighted by Gasteiger charge is 2.20. The van der Waals surface area contributed by atoms with Gasteiger partial charge in [0.1, 0.15) is 0 Å². The van der Waals surface area contributed by atoms with Crippen LogP contribution in [0.25, 0.3) is 0 Å². The van der Waals surface area contributed by atoms with E-state index in [0.29, 0.717) is 25.9 Å². The Labute approximate surface area is 387 Å². The molecule has 6 nitrogen and oxygen atoms in total. The smallest absolute Gasteiger partial charge is 0.305 e. The second-order valence-electron chi connectivity index (χ2n) is 19.6. The maximum absolute atomic E-state index is 12.5. The van der Waals surface area contributed by atoms with Crippen molar-refractivity contribution in [2.45, 2.75) is 334 Å². The molecule has 0 heterocycles. The van der Waals surface area contributed by atoms with Crippen LogP contribution in [0.4, 0.5) is 0 Å². The van der Waals surface area contributed by atoms with Crippen LogP contribution in [0.1, 0.15) is 322 Å². The maximum Gasteiger partial charge on any atom is 0.305 e. The molecule has 0 aliphatic rings. The molecular weight excluding hydrogens is 767 g/mol. The van der Waals surface area contributed by atoms with E-state index in [2.05, 4.69) is 19.2 Å². The van der Waals surface area contributed by atoms with E-state index in [1.165, 1.54) is 231 Å². The van der Waals surface area contributed by atoms with Gasteiger partial charge < -0.3 is 20.3 Å². The Morgan fingerprint density at radius 2 is 0.661 bits per heavy atom. The van der Waals surface area contributed by atoms with E-state index >= 15 is 0 Å². The summed E-state index contributed by atoms with van der Waals surface area (Å²) in [6.07, 6.45) is 59.4. The first-order valence-electron chi connectivity index (χ1n) is 28.3. The summed E-state index contributed by atoms with van der Waals surface area (Å²) in [5.74, 6) is -0.0611. The van der Waals surface area contributed by atoms with Crippen LogP contribution in [-0.4, -0.2) is 47.4 Å². The summed E-state index contributed by atoms with van der Waals surface area (Å²) in [5.41, 5.74) is 0. The first-order chi connectivity index (χ1) is 30.5. The van der Waals surface area contributed by atoms with Gasteiger partial charge >= 0.3 is 5.97 Å². The number of amides is 1. The summed E-state index contributed by atoms with van der Waals surface area (Å²) in [5, 5.41) is 23.3. The first kappa shape index (κ1) is 60.9. The number of carbonyl (C=O) groups excluding carboxylic acids is 2. The summed E-state index contributed by atoms with van der Waals surface area (Å²) in [7, 11) is 0. The summed E-state index contributed by atoms with van der Waals surface area (Å²) in [4.78, 5) is 24.5. The van der Waals surface area contributed by atoms with Crippen LogP contribution in [0.5, 0.6) is 0 Å². The number of hydrogen-bond acceptors (Lipinski definition) is 5. The van der Waals surface area contributed by atoms with Gasteiger partial charge in [0.15, 0.2) is 0 Å². The van der Waals surface area contributed by atoms with Crippen molar-refractivity contribution in [2.75, 3.05) is 13.2 Å². The third-order valence-corrected chi connectivity index (χ3v) is 13.4. The molecule has 0 aromatic carbocycles. The van der Waals surface area contributed by atoms with Gasteiger partial charge in [-0.05, 0) is 25.7 Å². The van der Waals surface area contributed by atoms with Gasteiger partial charge in [-0.25, -0.2) is 0 Å². The van der Waals surface area contributed by atoms with E-state index in [0.717, 1.165) is 57.8 Å². The number of hydrogen-bond donors (Lipinski definition) is 3. The van der Waals surface area contributed by atoms with Crippen molar-refractivity contribution in [1.82, 2.24) is 5.32 Å². The predicted octanol–water partition coefficient (Wildman–Crippen LogP) is 17.1. The summed E-state index contributed by atoms with van der Waals surface area (Å²) >= 11 is 0. The Morgan fingerprint density at radius 1 is 0.387 bits per heavy atom. The van der Waals surface area contributed by atoms with Crippen molar-refractivity contribution in [3.05, 3.63) is 0 Å². The lowest BCUT2D eigenvalue weighted by Crippen LogP contribution is -2.45. The molecule has 62 heavy (non-hydrogen) atoms. The van der Waals surface area contributed by atoms with Gasteiger partial charge in [0.25, 0.3) is 0 Å². The molecule has 0 aliphatic heterocycles. The van der Waals surface area contributed by atoms with Crippen LogP contribution in [0.2, 0.25) is 0 Å². The predicted molar refractivity (Wildman–Crippen MR) is 269 cm³/mol. The highest BCUT2D eigenvalue weighted by Crippen LogP contribution is 2.18. The van der Waals surface area contributed by atoms with Crippen LogP contribution in [0.15, 0.2) is 0 Å². The van der Waals surface area contributed by atoms with Crippen LogP contribution in [0, 0.1) is 0 Å². The average Bonchev–Trinajstić information content (AvgIpc) is 3.27. The maximum atomic E-state index is 12.5. The minimum absolute atomic E-state index is 0.0116. The lowest BCUT2D eigenvalue weighted by molar-refractivity contribution is -0.143. The van der Waals surface area contributed by atoms with E-state index in [-0.39, 0.29) is 18.5 Å². The molecule has 0 rings (SSSR count). The Bertz CT molecular complexity index is 882. The van der Waals surface area contributed by atoms with Crippen molar-refractivity contribution in [2.24, 2.45) is 0 Å². The molecular formula is C56H111NO5. The van der Waals surface area contributed by atoms with Gasteiger partial charge in [0, 0.05) is 12.8 Å². The molecule has 0 saturated carbocycles. The highest BCUT2D eigenvalue weighted by molar-refractivity contribution is 5.76. The van der Waals surface area contributed by atoms with Gasteiger partial charge in [0.05, 0.1) is 25.4 Å². The second kappa shape index (κ2) is 52.5. The van der Waals surface area contributed by atoms with Gasteiger partial charge in [0.2, 0.25) is 5.91 Å². The van der Waals surface area contributed by atoms with Crippen LogP contribution in [-0.2, 0) is 14.3 Å². The number of aliphatic hydroxyl groups excluding tert-OH is 2. The Balaban J connectivity index is 3.45. The number of unbranched alkanes of at least 4 members (excludes halogenated alkanes) is 42. The van der Waals surface area contributed by atoms with Gasteiger partial charge in [-0.1, -0.05) is 284 Å². The molecule has 0 aromatic rings. The van der Waals surface area contributed by atoms with Gasteiger partial charge in [-0.15, -0.1) is 0 Å². The summed E-state index contributed by atoms with van der Waals surface area (Å²) in [6, 6.07) is -0.554. The fourth-order valence-corrected chi connectivity index (χ4v) is 9.05. The lowest BCUT2D eigenvalue weighted by Gasteiger charge is -2.22. The van der Waals surface area contributed by atoms with Crippen molar-refractivity contribution in [1.29, 1.82) is 0 Å². The van der Waals surface area contributed by atoms with Gasteiger partial charge in [-0.3, -0.25) is 9.59 Å². The molecule has 0 aliphatic carbocycles. The zero-order valence-corrected chi connectivity index (χ0v) is 42.1. The highest BCUT2D eigenvalue weighted by atomic mass is 16.5. The van der Waals surface area contributed by atoms with Crippen molar-refractivity contribution in [3.63, 3.8) is 0 Å². The molecule has 1 amide bonds. The molecule has 0 fully saturated rings. The Hall–Kier alpha value is -1.14. The van der Waals surface area contributed by atoms with E-state index in [4.69, 9.17) is 4.74 Å². The number of carbonyl (C=O) groups is 2. The summed E-state index contributed by atoms with van der Waals surface area (Å²) < 4.78 is 5.45. The molecule has 0 saturated heterocycles. The van der Waals surface area contributed by atoms with Gasteiger partial charge in [-0.2, -0.15) is 0 Å². The van der Waals surface area contributed by atoms with Crippen molar-refractivity contribution >= 4 is 11.9 Å². The van der Waals surface area contributed by atoms with E-state index in [9.17, 15) is 19.8 Å². The van der Waals surface area contributed by atoms with Crippen molar-refractivity contribution in [3.8, 4) is 0 Å². The molecule has 370 valence electrons. The topological polar surface area (TPSA) is 95.9 Å². The molecule has 0 bridgehead atoms. The number of ether oxygens (including phenoxy) is 1. The van der Waals surface area contributed by atoms with E-state index in [1.807, 2.05) is 0 Å². The summed E-state index contributed by atoms with van der Waals surface area (Å²) in [6.45, 7) is 4.94. The number of aliphatic hydroxyl groups is 2. The number of rotatable bonds is 53. The van der Waals surface area contributed by atoms with Crippen LogP contribution < -0.4 is 5.32 Å². The molecule has 0 spiro atoms. The lowest BCUT2D eigenvalue weighted by atomic mass is 10.0. The standard InChI is InChI=1S/C56H111NO5/c1-3-5-7-9-11-13-15-17-18-19-20-21-22-23-24-25-26-28-32-36-40-44-48-54(59)53(52-58)57-55(60)49-45-41-37-33-29-27-31-35-39-43-47-51-62-56(61)50-46-42-38-34-30-16-14-12-10-8-6-4-2/h53-54,58-59H,3-52H2,1-2H3,(H,57,60). The monoisotopic (exact) mass is 878 g/mol. The number of esters is 1. The Kier molecular flexibility index (Phi) is 51.5. The molecule has 2 unspecified atom stereocenters. The second-order valence-corrected chi connectivity index (χ2v) is 19.6. The normalized spacial score (nSPS) is 12.5. The number of nitrogens with one attached hydrogen (secondary N) is 1. The average molecular weight is 879 g/mol. The molecule has 6 heteroatoms. The zero-order valence-electron chi connectivity index (χ0n) is 42.1. The third-order valence-electron chi connectivity index (χ3n) is 13.4. The molecule has 0 aromatic heterocycles. The fourth-order valence-electron chi connectivity index (χ4n) is 9.05. The largest absolute Gasteiger partial charge is 0.466 e. The minimum atomic E-state index is -0.676. The van der Waals surface area contributed by atoms with E-state index < -0.39 is 12.1 Å². The fraction of sp³-hybridized carbons (Fsp3) is 0.964. The van der Waals surface area contributed by atoms with Crippen LogP contribution in [0.3, 0.4) is 0 Å². The SMILES string of the molecule is CCCCCCCCCCCCCCCCCCCCCCCCC(O)C(CO)NC(=O)CCCCCCCCCCCCCOC(=O)CCCCCCCCCCCCCC. The zero-order chi connectivity index (χ0) is 45.1. The molecule has 3 N–H and O–H groups in total. The Morgan fingerprint density at radius 3 is 0.984 bits per heavy atom. The molecule has 0 radical (unpaired) electrons. The quantitative estimate of drug-likeness (QED) is 0.0418. The molecule has 2 atom stereocenters. The van der Waals surface area contributed by atoms with Crippen LogP contribution >= 0.6 is 0 Å². The third kappa shape index (κ3) is 48.3. The van der Waals surface area contributed by atoms with Crippen molar-refractivity contribution < 1.29 is 24.5 Å². The minimum Gasteiger partial charge on any atom is -0.466 e. The first-order valence-corrected chi connectivity index (χ1v) is 28.3.